The summed E-state index contributed by atoms with van der Waals surface area (Å²) in [7, 11) is -1.75. The van der Waals surface area contributed by atoms with Gasteiger partial charge in [-0.25, -0.2) is 0 Å². The minimum absolute atomic E-state index is 0.0878. The van der Waals surface area contributed by atoms with Gasteiger partial charge >= 0.3 is 0 Å². The topological polar surface area (TPSA) is 26.3 Å². The second-order valence-electron chi connectivity index (χ2n) is 7.69. The van der Waals surface area contributed by atoms with E-state index >= 15 is 0 Å². The van der Waals surface area contributed by atoms with Crippen LogP contribution in [0.4, 0.5) is 0 Å². The highest BCUT2D eigenvalue weighted by Gasteiger charge is 2.54. The average molecular weight is 268 g/mol. The Morgan fingerprint density at radius 1 is 1.22 bits per heavy atom. The smallest absolute Gasteiger partial charge is 0.192 e. The Morgan fingerprint density at radius 2 is 1.83 bits per heavy atom. The van der Waals surface area contributed by atoms with E-state index in [-0.39, 0.29) is 16.6 Å². The second-order valence-corrected chi connectivity index (χ2v) is 12.4. The molecule has 2 rings (SSSR count). The summed E-state index contributed by atoms with van der Waals surface area (Å²) in [6.07, 6.45) is 6.50. The predicted molar refractivity (Wildman–Crippen MR) is 77.2 cm³/mol. The minimum Gasteiger partial charge on any atom is -0.413 e. The Labute approximate surface area is 113 Å². The van der Waals surface area contributed by atoms with Crippen molar-refractivity contribution in [2.45, 2.75) is 83.5 Å². The Kier molecular flexibility index (Phi) is 3.52. The standard InChI is InChI=1S/C15H28O2Si/c1-14(2,3)18(4,5)17-13-9-7-11-15(13)10-6-8-12(15)16/h13H,6-11H2,1-5H3. The summed E-state index contributed by atoms with van der Waals surface area (Å²) in [4.78, 5) is 12.3. The zero-order valence-electron chi connectivity index (χ0n) is 12.6. The maximum atomic E-state index is 12.3. The van der Waals surface area contributed by atoms with Crippen LogP contribution in [0, 0.1) is 5.41 Å². The Morgan fingerprint density at radius 3 is 2.33 bits per heavy atom. The van der Waals surface area contributed by atoms with Gasteiger partial charge in [-0.05, 0) is 50.2 Å². The summed E-state index contributed by atoms with van der Waals surface area (Å²) in [6.45, 7) is 11.4. The number of Topliss-reactive ketones (excluding diaryl/α,β-unsaturated/α-hetero) is 1. The highest BCUT2D eigenvalue weighted by atomic mass is 28.4. The number of carbonyl (C=O) groups excluding carboxylic acids is 1. The van der Waals surface area contributed by atoms with E-state index < -0.39 is 8.32 Å². The van der Waals surface area contributed by atoms with E-state index in [1.54, 1.807) is 0 Å². The molecule has 0 aromatic rings. The average Bonchev–Trinajstić information content (AvgIpc) is 2.76. The van der Waals surface area contributed by atoms with Gasteiger partial charge in [-0.3, -0.25) is 4.79 Å². The van der Waals surface area contributed by atoms with E-state index in [0.29, 0.717) is 5.78 Å². The molecular weight excluding hydrogens is 240 g/mol. The molecule has 1 spiro atoms. The Hall–Kier alpha value is -0.153. The summed E-state index contributed by atoms with van der Waals surface area (Å²) in [6, 6.07) is 0. The van der Waals surface area contributed by atoms with E-state index in [9.17, 15) is 4.79 Å². The largest absolute Gasteiger partial charge is 0.413 e. The van der Waals surface area contributed by atoms with Crippen molar-refractivity contribution in [1.29, 1.82) is 0 Å². The summed E-state index contributed by atoms with van der Waals surface area (Å²) in [5, 5.41) is 0.235. The van der Waals surface area contributed by atoms with Gasteiger partial charge in [-0.1, -0.05) is 20.8 Å². The molecule has 3 heteroatoms. The molecule has 0 saturated heterocycles. The fourth-order valence-corrected chi connectivity index (χ4v) is 4.71. The molecule has 2 unspecified atom stereocenters. The number of rotatable bonds is 2. The lowest BCUT2D eigenvalue weighted by molar-refractivity contribution is -0.129. The van der Waals surface area contributed by atoms with Crippen LogP contribution in [0.2, 0.25) is 18.1 Å². The minimum atomic E-state index is -1.75. The van der Waals surface area contributed by atoms with Gasteiger partial charge < -0.3 is 4.43 Å². The summed E-state index contributed by atoms with van der Waals surface area (Å²) >= 11 is 0. The first-order valence-corrected chi connectivity index (χ1v) is 10.3. The molecule has 2 saturated carbocycles. The second kappa shape index (κ2) is 4.45. The molecule has 0 aliphatic heterocycles. The number of carbonyl (C=O) groups is 1. The highest BCUT2D eigenvalue weighted by Crippen LogP contribution is 2.52. The van der Waals surface area contributed by atoms with Crippen molar-refractivity contribution < 1.29 is 9.22 Å². The lowest BCUT2D eigenvalue weighted by atomic mass is 9.81. The molecule has 18 heavy (non-hydrogen) atoms. The van der Waals surface area contributed by atoms with E-state index in [1.807, 2.05) is 0 Å². The normalized spacial score (nSPS) is 33.6. The molecule has 0 N–H and O–H groups in total. The number of hydrogen-bond donors (Lipinski definition) is 0. The summed E-state index contributed by atoms with van der Waals surface area (Å²) < 4.78 is 6.59. The van der Waals surface area contributed by atoms with Crippen LogP contribution < -0.4 is 0 Å². The van der Waals surface area contributed by atoms with Crippen molar-refractivity contribution in [2.24, 2.45) is 5.41 Å². The summed E-state index contributed by atoms with van der Waals surface area (Å²) in [5.74, 6) is 0.490. The number of ketones is 1. The third kappa shape index (κ3) is 2.20. The monoisotopic (exact) mass is 268 g/mol. The van der Waals surface area contributed by atoms with Crippen molar-refractivity contribution in [1.82, 2.24) is 0 Å². The highest BCUT2D eigenvalue weighted by molar-refractivity contribution is 6.74. The van der Waals surface area contributed by atoms with E-state index in [4.69, 9.17) is 4.43 Å². The molecule has 0 bridgehead atoms. The van der Waals surface area contributed by atoms with Gasteiger partial charge in [0.25, 0.3) is 0 Å². The maximum Gasteiger partial charge on any atom is 0.192 e. The van der Waals surface area contributed by atoms with Gasteiger partial charge in [0, 0.05) is 6.42 Å². The van der Waals surface area contributed by atoms with Crippen LogP contribution in [-0.2, 0) is 9.22 Å². The van der Waals surface area contributed by atoms with Crippen molar-refractivity contribution in [2.75, 3.05) is 0 Å². The SMILES string of the molecule is CC(C)(C)[Si](C)(C)OC1CCCC12CCCC2=O. The van der Waals surface area contributed by atoms with E-state index in [1.165, 1.54) is 6.42 Å². The fraction of sp³-hybridized carbons (Fsp3) is 0.933. The van der Waals surface area contributed by atoms with Crippen LogP contribution in [-0.4, -0.2) is 20.2 Å². The lowest BCUT2D eigenvalue weighted by Gasteiger charge is -2.42. The molecule has 104 valence electrons. The van der Waals surface area contributed by atoms with Crippen LogP contribution >= 0.6 is 0 Å². The van der Waals surface area contributed by atoms with Crippen LogP contribution in [0.15, 0.2) is 0 Å². The van der Waals surface area contributed by atoms with Gasteiger partial charge in [0.2, 0.25) is 0 Å². The molecule has 0 amide bonds. The molecular formula is C15H28O2Si. The van der Waals surface area contributed by atoms with E-state index in [0.717, 1.165) is 32.1 Å². The molecule has 2 fully saturated rings. The lowest BCUT2D eigenvalue weighted by Crippen LogP contribution is -2.48. The van der Waals surface area contributed by atoms with Crippen molar-refractivity contribution in [3.8, 4) is 0 Å². The van der Waals surface area contributed by atoms with Gasteiger partial charge in [0.1, 0.15) is 5.78 Å². The molecule has 2 aliphatic rings. The number of hydrogen-bond acceptors (Lipinski definition) is 2. The molecule has 2 atom stereocenters. The quantitative estimate of drug-likeness (QED) is 0.698. The molecule has 0 heterocycles. The van der Waals surface area contributed by atoms with Gasteiger partial charge in [-0.2, -0.15) is 0 Å². The fourth-order valence-electron chi connectivity index (χ4n) is 3.30. The molecule has 0 aromatic carbocycles. The predicted octanol–water partition coefficient (Wildman–Crippen LogP) is 4.30. The molecule has 2 nitrogen and oxygen atoms in total. The summed E-state index contributed by atoms with van der Waals surface area (Å²) in [5.41, 5.74) is -0.0878. The maximum absolute atomic E-state index is 12.3. The van der Waals surface area contributed by atoms with Crippen molar-refractivity contribution in [3.05, 3.63) is 0 Å². The van der Waals surface area contributed by atoms with Gasteiger partial charge in [0.15, 0.2) is 8.32 Å². The van der Waals surface area contributed by atoms with Crippen LogP contribution in [0.25, 0.3) is 0 Å². The Bertz CT molecular complexity index is 339. The van der Waals surface area contributed by atoms with Crippen LogP contribution in [0.1, 0.15) is 59.3 Å². The van der Waals surface area contributed by atoms with Crippen molar-refractivity contribution in [3.63, 3.8) is 0 Å². The zero-order chi connectivity index (χ0) is 13.6. The molecule has 2 aliphatic carbocycles. The molecule has 0 radical (unpaired) electrons. The van der Waals surface area contributed by atoms with Crippen molar-refractivity contribution >= 4 is 14.1 Å². The first-order valence-electron chi connectivity index (χ1n) is 7.40. The van der Waals surface area contributed by atoms with Crippen LogP contribution in [0.5, 0.6) is 0 Å². The first kappa shape index (κ1) is 14.3. The van der Waals surface area contributed by atoms with Gasteiger partial charge in [0.05, 0.1) is 11.5 Å². The molecule has 0 aromatic heterocycles. The van der Waals surface area contributed by atoms with Gasteiger partial charge in [-0.15, -0.1) is 0 Å². The zero-order valence-corrected chi connectivity index (χ0v) is 13.6. The van der Waals surface area contributed by atoms with Crippen LogP contribution in [0.3, 0.4) is 0 Å². The first-order chi connectivity index (χ1) is 8.19. The third-order valence-corrected chi connectivity index (χ3v) is 10.0. The Balaban J connectivity index is 2.17. The third-order valence-electron chi connectivity index (χ3n) is 5.53. The van der Waals surface area contributed by atoms with E-state index in [2.05, 4.69) is 33.9 Å².